The number of hydrogen-bond acceptors (Lipinski definition) is 6. The molecule has 0 aliphatic carbocycles. The summed E-state index contributed by atoms with van der Waals surface area (Å²) in [6.45, 7) is 2.60. The zero-order chi connectivity index (χ0) is 9.97. The minimum Gasteiger partial charge on any atom is -0.390 e. The van der Waals surface area contributed by atoms with Gasteiger partial charge in [0.05, 0.1) is 6.61 Å². The zero-order valence-electron chi connectivity index (χ0n) is 8.14. The van der Waals surface area contributed by atoms with Gasteiger partial charge in [-0.3, -0.25) is 0 Å². The maximum absolute atomic E-state index is 5.35. The number of ether oxygens (including phenoxy) is 1. The first-order chi connectivity index (χ1) is 6.79. The van der Waals surface area contributed by atoms with Gasteiger partial charge >= 0.3 is 12.0 Å². The molecule has 6 heteroatoms. The second-order valence-electron chi connectivity index (χ2n) is 3.48. The van der Waals surface area contributed by atoms with E-state index in [-0.39, 0.29) is 6.01 Å². The van der Waals surface area contributed by atoms with E-state index in [9.17, 15) is 0 Å². The van der Waals surface area contributed by atoms with Crippen LogP contribution >= 0.6 is 0 Å². The van der Waals surface area contributed by atoms with E-state index in [1.54, 1.807) is 7.11 Å². The molecule has 0 radical (unpaired) electrons. The summed E-state index contributed by atoms with van der Waals surface area (Å²) in [5.74, 6) is 0.549. The van der Waals surface area contributed by atoms with Crippen molar-refractivity contribution in [2.45, 2.75) is 6.42 Å². The number of nitrogens with zero attached hydrogens (tertiary/aromatic N) is 3. The predicted molar refractivity (Wildman–Crippen MR) is 50.9 cm³/mol. The molecule has 14 heavy (non-hydrogen) atoms. The number of nitrogens with two attached hydrogens (primary N) is 1. The molecule has 1 aliphatic rings. The first-order valence-corrected chi connectivity index (χ1v) is 4.62. The molecule has 0 saturated carbocycles. The van der Waals surface area contributed by atoms with Crippen LogP contribution in [0.25, 0.3) is 0 Å². The normalized spacial score (nSPS) is 21.8. The smallest absolute Gasteiger partial charge is 0.319 e. The van der Waals surface area contributed by atoms with Crippen LogP contribution in [0.2, 0.25) is 0 Å². The van der Waals surface area contributed by atoms with E-state index in [0.29, 0.717) is 11.9 Å². The van der Waals surface area contributed by atoms with Crippen LogP contribution in [0.4, 0.5) is 12.0 Å². The second-order valence-corrected chi connectivity index (χ2v) is 3.48. The van der Waals surface area contributed by atoms with Crippen LogP contribution in [0.3, 0.4) is 0 Å². The van der Waals surface area contributed by atoms with E-state index in [0.717, 1.165) is 26.1 Å². The van der Waals surface area contributed by atoms with E-state index < -0.39 is 0 Å². The standard InChI is InChI=1S/C8H14N4O2/c1-13-5-6-2-3-12(4-6)8-11-10-7(9)14-8/h6H,2-5H2,1H3,(H2,9,10). The topological polar surface area (TPSA) is 77.4 Å². The highest BCUT2D eigenvalue weighted by molar-refractivity contribution is 5.29. The molecule has 2 heterocycles. The maximum atomic E-state index is 5.35. The number of nitrogen functional groups attached to an aromatic ring is 1. The first kappa shape index (κ1) is 9.26. The second kappa shape index (κ2) is 3.83. The van der Waals surface area contributed by atoms with Gasteiger partial charge in [-0.25, -0.2) is 0 Å². The van der Waals surface area contributed by atoms with Gasteiger partial charge in [0.15, 0.2) is 0 Å². The quantitative estimate of drug-likeness (QED) is 0.743. The van der Waals surface area contributed by atoms with Crippen molar-refractivity contribution in [2.24, 2.45) is 5.92 Å². The SMILES string of the molecule is COCC1CCN(c2nnc(N)o2)C1. The third kappa shape index (κ3) is 1.79. The van der Waals surface area contributed by atoms with Gasteiger partial charge in [-0.05, 0) is 6.42 Å². The van der Waals surface area contributed by atoms with Gasteiger partial charge in [0.1, 0.15) is 0 Å². The molecule has 1 aromatic heterocycles. The van der Waals surface area contributed by atoms with Crippen molar-refractivity contribution in [1.29, 1.82) is 0 Å². The van der Waals surface area contributed by atoms with Crippen LogP contribution in [0, 0.1) is 5.92 Å². The summed E-state index contributed by atoms with van der Waals surface area (Å²) in [5.41, 5.74) is 5.35. The lowest BCUT2D eigenvalue weighted by Gasteiger charge is -2.12. The lowest BCUT2D eigenvalue weighted by Crippen LogP contribution is -2.21. The van der Waals surface area contributed by atoms with Crippen molar-refractivity contribution in [1.82, 2.24) is 10.2 Å². The first-order valence-electron chi connectivity index (χ1n) is 4.62. The molecule has 6 nitrogen and oxygen atoms in total. The molecule has 2 N–H and O–H groups in total. The van der Waals surface area contributed by atoms with Crippen molar-refractivity contribution in [3.05, 3.63) is 0 Å². The summed E-state index contributed by atoms with van der Waals surface area (Å²) >= 11 is 0. The molecule has 0 amide bonds. The Morgan fingerprint density at radius 3 is 3.14 bits per heavy atom. The Hall–Kier alpha value is -1.30. The van der Waals surface area contributed by atoms with Gasteiger partial charge in [-0.1, -0.05) is 10.2 Å². The molecule has 1 unspecified atom stereocenters. The van der Waals surface area contributed by atoms with Crippen LogP contribution in [-0.4, -0.2) is 37.0 Å². The minimum absolute atomic E-state index is 0.121. The molecular weight excluding hydrogens is 184 g/mol. The number of aromatic nitrogens is 2. The average Bonchev–Trinajstić information content (AvgIpc) is 2.74. The Labute approximate surface area is 82.0 Å². The van der Waals surface area contributed by atoms with Crippen molar-refractivity contribution < 1.29 is 9.15 Å². The zero-order valence-corrected chi connectivity index (χ0v) is 8.14. The maximum Gasteiger partial charge on any atom is 0.319 e. The average molecular weight is 198 g/mol. The predicted octanol–water partition coefficient (Wildman–Crippen LogP) is 0.124. The van der Waals surface area contributed by atoms with Gasteiger partial charge in [0.25, 0.3) is 0 Å². The number of anilines is 2. The van der Waals surface area contributed by atoms with Crippen molar-refractivity contribution in [2.75, 3.05) is 37.4 Å². The van der Waals surface area contributed by atoms with Crippen LogP contribution in [0.15, 0.2) is 4.42 Å². The Morgan fingerprint density at radius 2 is 2.50 bits per heavy atom. The minimum atomic E-state index is 0.121. The van der Waals surface area contributed by atoms with Gasteiger partial charge in [0, 0.05) is 26.1 Å². The number of rotatable bonds is 3. The van der Waals surface area contributed by atoms with E-state index in [1.165, 1.54) is 0 Å². The number of methoxy groups -OCH3 is 1. The molecule has 1 aromatic rings. The molecule has 78 valence electrons. The molecule has 2 rings (SSSR count). The highest BCUT2D eigenvalue weighted by Gasteiger charge is 2.25. The van der Waals surface area contributed by atoms with Crippen LogP contribution in [-0.2, 0) is 4.74 Å². The van der Waals surface area contributed by atoms with Gasteiger partial charge in [-0.15, -0.1) is 0 Å². The van der Waals surface area contributed by atoms with Gasteiger partial charge in [0.2, 0.25) is 0 Å². The Bertz CT molecular complexity index is 301. The molecule has 1 saturated heterocycles. The monoisotopic (exact) mass is 198 g/mol. The van der Waals surface area contributed by atoms with Crippen LogP contribution in [0.5, 0.6) is 0 Å². The van der Waals surface area contributed by atoms with Gasteiger partial charge < -0.3 is 19.8 Å². The Kier molecular flexibility index (Phi) is 2.53. The molecule has 1 atom stereocenters. The van der Waals surface area contributed by atoms with Crippen LogP contribution in [0.1, 0.15) is 6.42 Å². The summed E-state index contributed by atoms with van der Waals surface area (Å²) < 4.78 is 10.2. The molecule has 1 fully saturated rings. The van der Waals surface area contributed by atoms with Crippen molar-refractivity contribution in [3.8, 4) is 0 Å². The third-order valence-electron chi connectivity index (χ3n) is 2.39. The third-order valence-corrected chi connectivity index (χ3v) is 2.39. The van der Waals surface area contributed by atoms with E-state index in [2.05, 4.69) is 10.2 Å². The largest absolute Gasteiger partial charge is 0.390 e. The summed E-state index contributed by atoms with van der Waals surface area (Å²) in [5, 5.41) is 7.46. The summed E-state index contributed by atoms with van der Waals surface area (Å²) in [4.78, 5) is 2.03. The van der Waals surface area contributed by atoms with E-state index in [1.807, 2.05) is 4.90 Å². The van der Waals surface area contributed by atoms with E-state index >= 15 is 0 Å². The van der Waals surface area contributed by atoms with E-state index in [4.69, 9.17) is 14.9 Å². The molecule has 0 spiro atoms. The molecular formula is C8H14N4O2. The molecule has 0 bridgehead atoms. The highest BCUT2D eigenvalue weighted by atomic mass is 16.5. The fraction of sp³-hybridized carbons (Fsp3) is 0.750. The Balaban J connectivity index is 1.95. The molecule has 1 aliphatic heterocycles. The lowest BCUT2D eigenvalue weighted by atomic mass is 10.1. The summed E-state index contributed by atoms with van der Waals surface area (Å²) in [7, 11) is 1.72. The summed E-state index contributed by atoms with van der Waals surface area (Å²) in [6.07, 6.45) is 1.09. The van der Waals surface area contributed by atoms with Crippen molar-refractivity contribution in [3.63, 3.8) is 0 Å². The lowest BCUT2D eigenvalue weighted by molar-refractivity contribution is 0.160. The van der Waals surface area contributed by atoms with Crippen LogP contribution < -0.4 is 10.6 Å². The Morgan fingerprint density at radius 1 is 1.64 bits per heavy atom. The molecule has 0 aromatic carbocycles. The highest BCUT2D eigenvalue weighted by Crippen LogP contribution is 2.22. The van der Waals surface area contributed by atoms with Crippen molar-refractivity contribution >= 4 is 12.0 Å². The van der Waals surface area contributed by atoms with Gasteiger partial charge in [-0.2, -0.15) is 0 Å². The fourth-order valence-corrected chi connectivity index (χ4v) is 1.73. The number of hydrogen-bond donors (Lipinski definition) is 1. The fourth-order valence-electron chi connectivity index (χ4n) is 1.73. The summed E-state index contributed by atoms with van der Waals surface area (Å²) in [6, 6.07) is 0.635.